The molecule has 0 saturated heterocycles. The molecule has 0 spiro atoms. The van der Waals surface area contributed by atoms with Crippen molar-refractivity contribution in [2.45, 2.75) is 32.8 Å². The Balaban J connectivity index is 3.80. The average Bonchev–Trinajstić information content (AvgIpc) is 1.86. The van der Waals surface area contributed by atoms with Gasteiger partial charge < -0.3 is 10.2 Å². The van der Waals surface area contributed by atoms with E-state index < -0.39 is 5.60 Å². The van der Waals surface area contributed by atoms with Gasteiger partial charge in [-0.3, -0.25) is 0 Å². The van der Waals surface area contributed by atoms with E-state index in [2.05, 4.69) is 0 Å². The first-order valence-electron chi connectivity index (χ1n) is 3.37. The summed E-state index contributed by atoms with van der Waals surface area (Å²) in [6.07, 6.45) is 0.896. The van der Waals surface area contributed by atoms with Crippen LogP contribution in [0.2, 0.25) is 0 Å². The summed E-state index contributed by atoms with van der Waals surface area (Å²) in [5.41, 5.74) is -0.894. The molecule has 0 rings (SSSR count). The molecule has 2 heteroatoms. The zero-order valence-corrected chi connectivity index (χ0v) is 6.39. The van der Waals surface area contributed by atoms with Crippen molar-refractivity contribution in [3.63, 3.8) is 0 Å². The van der Waals surface area contributed by atoms with Gasteiger partial charge in [0.2, 0.25) is 0 Å². The van der Waals surface area contributed by atoms with Crippen molar-refractivity contribution in [3.05, 3.63) is 0 Å². The molecule has 2 nitrogen and oxygen atoms in total. The van der Waals surface area contributed by atoms with Crippen molar-refractivity contribution in [2.24, 2.45) is 5.92 Å². The maximum Gasteiger partial charge on any atom is 0.0874 e. The minimum absolute atomic E-state index is 0.151. The fraction of sp³-hybridized carbons (Fsp3) is 1.00. The van der Waals surface area contributed by atoms with Gasteiger partial charge in [0.1, 0.15) is 0 Å². The molecule has 0 aliphatic rings. The van der Waals surface area contributed by atoms with Crippen LogP contribution in [-0.2, 0) is 0 Å². The van der Waals surface area contributed by atoms with Crippen molar-refractivity contribution in [1.29, 1.82) is 0 Å². The first kappa shape index (κ1) is 8.92. The van der Waals surface area contributed by atoms with E-state index in [1.165, 1.54) is 0 Å². The Bertz CT molecular complexity index is 79.0. The number of aliphatic hydroxyl groups excluding tert-OH is 1. The molecule has 0 fully saturated rings. The highest BCUT2D eigenvalue weighted by Crippen LogP contribution is 2.18. The third-order valence-electron chi connectivity index (χ3n) is 1.99. The molecule has 0 unspecified atom stereocenters. The summed E-state index contributed by atoms with van der Waals surface area (Å²) in [7, 11) is 0. The molecular formula is C7H16O2. The van der Waals surface area contributed by atoms with Gasteiger partial charge in [-0.05, 0) is 12.8 Å². The maximum atomic E-state index is 9.34. The fourth-order valence-corrected chi connectivity index (χ4v) is 0.596. The Morgan fingerprint density at radius 1 is 1.56 bits per heavy atom. The van der Waals surface area contributed by atoms with Gasteiger partial charge in [-0.25, -0.2) is 0 Å². The summed E-state index contributed by atoms with van der Waals surface area (Å²) < 4.78 is 0. The SMILES string of the molecule is CC[C@@H](C)[C@@](C)(O)CO. The molecule has 0 aliphatic carbocycles. The van der Waals surface area contributed by atoms with E-state index in [1.807, 2.05) is 13.8 Å². The maximum absolute atomic E-state index is 9.34. The molecule has 0 saturated carbocycles. The van der Waals surface area contributed by atoms with Gasteiger partial charge in [0.25, 0.3) is 0 Å². The highest BCUT2D eigenvalue weighted by molar-refractivity contribution is 4.76. The van der Waals surface area contributed by atoms with E-state index in [9.17, 15) is 5.11 Å². The lowest BCUT2D eigenvalue weighted by molar-refractivity contribution is -0.0418. The Morgan fingerprint density at radius 3 is 2.11 bits per heavy atom. The second-order valence-electron chi connectivity index (χ2n) is 2.82. The molecule has 0 aliphatic heterocycles. The van der Waals surface area contributed by atoms with E-state index in [1.54, 1.807) is 6.92 Å². The Hall–Kier alpha value is -0.0800. The smallest absolute Gasteiger partial charge is 0.0874 e. The number of hydrogen-bond donors (Lipinski definition) is 2. The Labute approximate surface area is 56.5 Å². The van der Waals surface area contributed by atoms with Crippen LogP contribution < -0.4 is 0 Å². The number of rotatable bonds is 3. The van der Waals surface area contributed by atoms with Crippen molar-refractivity contribution < 1.29 is 10.2 Å². The second kappa shape index (κ2) is 3.18. The topological polar surface area (TPSA) is 40.5 Å². The molecule has 9 heavy (non-hydrogen) atoms. The van der Waals surface area contributed by atoms with Crippen LogP contribution in [0.5, 0.6) is 0 Å². The van der Waals surface area contributed by atoms with Gasteiger partial charge in [0.15, 0.2) is 0 Å². The standard InChI is InChI=1S/C7H16O2/c1-4-6(2)7(3,9)5-8/h6,8-9H,4-5H2,1-3H3/t6-,7+/m1/s1. The van der Waals surface area contributed by atoms with E-state index in [0.717, 1.165) is 6.42 Å². The van der Waals surface area contributed by atoms with Crippen LogP contribution in [0.25, 0.3) is 0 Å². The van der Waals surface area contributed by atoms with Crippen LogP contribution in [0.1, 0.15) is 27.2 Å². The van der Waals surface area contributed by atoms with Gasteiger partial charge in [0.05, 0.1) is 12.2 Å². The van der Waals surface area contributed by atoms with Crippen LogP contribution in [-0.4, -0.2) is 22.4 Å². The summed E-state index contributed by atoms with van der Waals surface area (Å²) in [6, 6.07) is 0. The molecule has 0 bridgehead atoms. The molecule has 0 amide bonds. The number of hydrogen-bond acceptors (Lipinski definition) is 2. The van der Waals surface area contributed by atoms with E-state index in [4.69, 9.17) is 5.11 Å². The lowest BCUT2D eigenvalue weighted by Gasteiger charge is -2.26. The van der Waals surface area contributed by atoms with Crippen LogP contribution >= 0.6 is 0 Å². The average molecular weight is 132 g/mol. The Morgan fingerprint density at radius 2 is 2.00 bits per heavy atom. The van der Waals surface area contributed by atoms with Gasteiger partial charge >= 0.3 is 0 Å². The molecule has 0 aromatic carbocycles. The van der Waals surface area contributed by atoms with Crippen molar-refractivity contribution in [3.8, 4) is 0 Å². The molecule has 2 atom stereocenters. The highest BCUT2D eigenvalue weighted by atomic mass is 16.3. The Kier molecular flexibility index (Phi) is 3.15. The quantitative estimate of drug-likeness (QED) is 0.595. The molecule has 56 valence electrons. The summed E-state index contributed by atoms with van der Waals surface area (Å²) in [4.78, 5) is 0. The van der Waals surface area contributed by atoms with Crippen LogP contribution in [0.4, 0.5) is 0 Å². The molecule has 0 aromatic rings. The molecule has 2 N–H and O–H groups in total. The zero-order chi connectivity index (χ0) is 7.49. The van der Waals surface area contributed by atoms with E-state index >= 15 is 0 Å². The van der Waals surface area contributed by atoms with Crippen molar-refractivity contribution in [1.82, 2.24) is 0 Å². The molecular weight excluding hydrogens is 116 g/mol. The monoisotopic (exact) mass is 132 g/mol. The lowest BCUT2D eigenvalue weighted by atomic mass is 9.90. The summed E-state index contributed by atoms with van der Waals surface area (Å²) in [5.74, 6) is 0.169. The third-order valence-corrected chi connectivity index (χ3v) is 1.99. The number of aliphatic hydroxyl groups is 2. The predicted molar refractivity (Wildman–Crippen MR) is 37.2 cm³/mol. The summed E-state index contributed by atoms with van der Waals surface area (Å²) in [5, 5.41) is 18.0. The first-order chi connectivity index (χ1) is 4.04. The second-order valence-corrected chi connectivity index (χ2v) is 2.82. The van der Waals surface area contributed by atoms with Crippen molar-refractivity contribution >= 4 is 0 Å². The normalized spacial score (nSPS) is 21.0. The highest BCUT2D eigenvalue weighted by Gasteiger charge is 2.25. The van der Waals surface area contributed by atoms with Gasteiger partial charge in [0, 0.05) is 0 Å². The van der Waals surface area contributed by atoms with Gasteiger partial charge in [-0.2, -0.15) is 0 Å². The van der Waals surface area contributed by atoms with Crippen LogP contribution in [0.3, 0.4) is 0 Å². The summed E-state index contributed by atoms with van der Waals surface area (Å²) >= 11 is 0. The minimum Gasteiger partial charge on any atom is -0.393 e. The third kappa shape index (κ3) is 2.33. The zero-order valence-electron chi connectivity index (χ0n) is 6.39. The largest absolute Gasteiger partial charge is 0.393 e. The lowest BCUT2D eigenvalue weighted by Crippen LogP contribution is -2.36. The predicted octanol–water partition coefficient (Wildman–Crippen LogP) is 0.776. The van der Waals surface area contributed by atoms with Crippen LogP contribution in [0.15, 0.2) is 0 Å². The molecule has 0 radical (unpaired) electrons. The van der Waals surface area contributed by atoms with Crippen LogP contribution in [0, 0.1) is 5.92 Å². The van der Waals surface area contributed by atoms with E-state index in [-0.39, 0.29) is 12.5 Å². The summed E-state index contributed by atoms with van der Waals surface area (Å²) in [6.45, 7) is 5.42. The van der Waals surface area contributed by atoms with Crippen molar-refractivity contribution in [2.75, 3.05) is 6.61 Å². The van der Waals surface area contributed by atoms with Gasteiger partial charge in [-0.15, -0.1) is 0 Å². The van der Waals surface area contributed by atoms with Gasteiger partial charge in [-0.1, -0.05) is 20.3 Å². The molecule has 0 heterocycles. The van der Waals surface area contributed by atoms with E-state index in [0.29, 0.717) is 0 Å². The molecule has 0 aromatic heterocycles. The fourth-order valence-electron chi connectivity index (χ4n) is 0.596. The minimum atomic E-state index is -0.894. The first-order valence-corrected chi connectivity index (χ1v) is 3.37.